The number of aliphatic hydroxyl groups is 2. The van der Waals surface area contributed by atoms with E-state index in [1.165, 1.54) is 12.3 Å². The van der Waals surface area contributed by atoms with E-state index in [9.17, 15) is 15.0 Å². The van der Waals surface area contributed by atoms with Crippen molar-refractivity contribution in [3.05, 3.63) is 23.3 Å². The predicted octanol–water partition coefficient (Wildman–Crippen LogP) is -2.14. The molecule has 8 heteroatoms. The molecule has 20 heavy (non-hydrogen) atoms. The van der Waals surface area contributed by atoms with E-state index in [-0.39, 0.29) is 17.4 Å². The molecule has 2 heterocycles. The van der Waals surface area contributed by atoms with Gasteiger partial charge in [0.1, 0.15) is 0 Å². The summed E-state index contributed by atoms with van der Waals surface area (Å²) in [5, 5.41) is 19.4. The third kappa shape index (κ3) is 1.82. The zero-order valence-corrected chi connectivity index (χ0v) is 10.3. The zero-order chi connectivity index (χ0) is 14.4. The molecule has 0 spiro atoms. The number of hydrogen-bond donors (Lipinski definition) is 4. The van der Waals surface area contributed by atoms with Gasteiger partial charge in [-0.05, 0) is 0 Å². The third-order valence-electron chi connectivity index (χ3n) is 3.54. The van der Waals surface area contributed by atoms with Crippen molar-refractivity contribution >= 4 is 23.9 Å². The summed E-state index contributed by atoms with van der Waals surface area (Å²) in [6.07, 6.45) is 2.55. The molecule has 2 aliphatic heterocycles. The molecule has 4 atom stereocenters. The number of nitrogens with two attached hydrogens (primary N) is 2. The number of amidine groups is 1. The fourth-order valence-corrected chi connectivity index (χ4v) is 2.48. The quantitative estimate of drug-likeness (QED) is 0.424. The zero-order valence-electron chi connectivity index (χ0n) is 10.3. The smallest absolute Gasteiger partial charge is 0.284 e. The van der Waals surface area contributed by atoms with Crippen molar-refractivity contribution in [3.8, 4) is 0 Å². The molecule has 1 unspecified atom stereocenters. The van der Waals surface area contributed by atoms with Crippen LogP contribution < -0.4 is 11.5 Å². The Labute approximate surface area is 113 Å². The van der Waals surface area contributed by atoms with Gasteiger partial charge in [-0.2, -0.15) is 9.98 Å². The van der Waals surface area contributed by atoms with Crippen LogP contribution in [-0.2, 0) is 4.79 Å². The van der Waals surface area contributed by atoms with Gasteiger partial charge in [0.15, 0.2) is 5.84 Å². The molecule has 0 aromatic carbocycles. The molecule has 0 saturated heterocycles. The van der Waals surface area contributed by atoms with Gasteiger partial charge in [-0.1, -0.05) is 12.2 Å². The molecule has 3 rings (SSSR count). The molecule has 0 aromatic heterocycles. The lowest BCUT2D eigenvalue weighted by atomic mass is 9.89. The van der Waals surface area contributed by atoms with Gasteiger partial charge in [-0.25, -0.2) is 4.99 Å². The van der Waals surface area contributed by atoms with E-state index in [2.05, 4.69) is 15.0 Å². The van der Waals surface area contributed by atoms with E-state index in [1.807, 2.05) is 0 Å². The van der Waals surface area contributed by atoms with E-state index in [4.69, 9.17) is 11.5 Å². The Kier molecular flexibility index (Phi) is 2.85. The summed E-state index contributed by atoms with van der Waals surface area (Å²) in [6, 6.07) is -0.691. The highest BCUT2D eigenvalue weighted by Crippen LogP contribution is 2.28. The van der Waals surface area contributed by atoms with Crippen molar-refractivity contribution in [1.29, 1.82) is 0 Å². The fourth-order valence-electron chi connectivity index (χ4n) is 2.48. The molecule has 0 bridgehead atoms. The molecule has 1 aliphatic carbocycles. The average Bonchev–Trinajstić information content (AvgIpc) is 2.94. The second-order valence-electron chi connectivity index (χ2n) is 4.77. The number of fused-ring (bicyclic) bond motifs is 1. The summed E-state index contributed by atoms with van der Waals surface area (Å²) >= 11 is 0. The Morgan fingerprint density at radius 3 is 2.65 bits per heavy atom. The monoisotopic (exact) mass is 275 g/mol. The Morgan fingerprint density at radius 1 is 1.25 bits per heavy atom. The van der Waals surface area contributed by atoms with Crippen LogP contribution in [0.2, 0.25) is 0 Å². The summed E-state index contributed by atoms with van der Waals surface area (Å²) in [6.45, 7) is 0. The second kappa shape index (κ2) is 4.44. The maximum absolute atomic E-state index is 11.9. The molecule has 104 valence electrons. The molecular weight excluding hydrogens is 262 g/mol. The van der Waals surface area contributed by atoms with Crippen LogP contribution in [0.5, 0.6) is 0 Å². The van der Waals surface area contributed by atoms with E-state index < -0.39 is 30.1 Å². The van der Waals surface area contributed by atoms with Gasteiger partial charge in [0.2, 0.25) is 5.96 Å². The predicted molar refractivity (Wildman–Crippen MR) is 72.2 cm³/mol. The first-order valence-electron chi connectivity index (χ1n) is 6.05. The largest absolute Gasteiger partial charge is 0.389 e. The topological polar surface area (TPSA) is 147 Å². The molecule has 0 radical (unpaired) electrons. The molecule has 0 saturated carbocycles. The maximum Gasteiger partial charge on any atom is 0.284 e. The fraction of sp³-hybridized carbons (Fsp3) is 0.333. The lowest BCUT2D eigenvalue weighted by Crippen LogP contribution is -2.41. The van der Waals surface area contributed by atoms with Crippen molar-refractivity contribution < 1.29 is 15.0 Å². The van der Waals surface area contributed by atoms with Crippen molar-refractivity contribution in [1.82, 2.24) is 0 Å². The van der Waals surface area contributed by atoms with Crippen LogP contribution in [0.3, 0.4) is 0 Å². The molecule has 8 nitrogen and oxygen atoms in total. The average molecular weight is 275 g/mol. The third-order valence-corrected chi connectivity index (χ3v) is 3.54. The minimum atomic E-state index is -1.01. The number of hydrogen-bond acceptors (Lipinski definition) is 7. The van der Waals surface area contributed by atoms with Crippen LogP contribution in [0.15, 0.2) is 38.3 Å². The molecule has 6 N–H and O–H groups in total. The van der Waals surface area contributed by atoms with Gasteiger partial charge in [-0.15, -0.1) is 0 Å². The summed E-state index contributed by atoms with van der Waals surface area (Å²) < 4.78 is 0. The van der Waals surface area contributed by atoms with Crippen molar-refractivity contribution in [3.63, 3.8) is 0 Å². The van der Waals surface area contributed by atoms with Crippen LogP contribution in [0, 0.1) is 5.92 Å². The van der Waals surface area contributed by atoms with Crippen LogP contribution in [0.1, 0.15) is 0 Å². The van der Waals surface area contributed by atoms with Crippen LogP contribution in [-0.4, -0.2) is 52.4 Å². The van der Waals surface area contributed by atoms with Gasteiger partial charge in [-0.3, -0.25) is 4.79 Å². The number of carbonyl (C=O) groups is 1. The number of guanidine groups is 1. The highest BCUT2D eigenvalue weighted by Gasteiger charge is 2.38. The van der Waals surface area contributed by atoms with Gasteiger partial charge in [0, 0.05) is 23.7 Å². The van der Waals surface area contributed by atoms with E-state index >= 15 is 0 Å². The summed E-state index contributed by atoms with van der Waals surface area (Å²) in [5.74, 6) is -1.01. The SMILES string of the molecule is NC1=NC(=O)C2=C(C(N)[C@@H]3C=C[C@H](O)[C@@H]3O)C=NC2=N1. The minimum Gasteiger partial charge on any atom is -0.389 e. The number of nitrogens with zero attached hydrogens (tertiary/aromatic N) is 3. The molecule has 0 aromatic rings. The highest BCUT2D eigenvalue weighted by molar-refractivity contribution is 6.34. The van der Waals surface area contributed by atoms with E-state index in [0.29, 0.717) is 5.57 Å². The lowest BCUT2D eigenvalue weighted by Gasteiger charge is -2.24. The van der Waals surface area contributed by atoms with Gasteiger partial charge >= 0.3 is 0 Å². The maximum atomic E-state index is 11.9. The van der Waals surface area contributed by atoms with E-state index in [1.54, 1.807) is 6.08 Å². The molecule has 0 fully saturated rings. The Balaban J connectivity index is 1.96. The second-order valence-corrected chi connectivity index (χ2v) is 4.77. The number of aliphatic imine (C=N–C) groups is 3. The highest BCUT2D eigenvalue weighted by atomic mass is 16.3. The van der Waals surface area contributed by atoms with Crippen molar-refractivity contribution in [2.75, 3.05) is 0 Å². The van der Waals surface area contributed by atoms with Crippen LogP contribution in [0.4, 0.5) is 0 Å². The lowest BCUT2D eigenvalue weighted by molar-refractivity contribution is -0.114. The van der Waals surface area contributed by atoms with Gasteiger partial charge in [0.05, 0.1) is 17.8 Å². The number of carbonyl (C=O) groups excluding carboxylic acids is 1. The summed E-state index contributed by atoms with van der Waals surface area (Å²) in [4.78, 5) is 23.3. The summed E-state index contributed by atoms with van der Waals surface area (Å²) in [7, 11) is 0. The number of aliphatic hydroxyl groups excluding tert-OH is 2. The number of amides is 1. The number of rotatable bonds is 2. The normalized spacial score (nSPS) is 33.4. The van der Waals surface area contributed by atoms with E-state index in [0.717, 1.165) is 0 Å². The van der Waals surface area contributed by atoms with Crippen LogP contribution >= 0.6 is 0 Å². The molecular formula is C12H13N5O3. The van der Waals surface area contributed by atoms with Crippen LogP contribution in [0.25, 0.3) is 0 Å². The molecule has 1 amide bonds. The summed E-state index contributed by atoms with van der Waals surface area (Å²) in [5.41, 5.74) is 12.1. The van der Waals surface area contributed by atoms with Crippen molar-refractivity contribution in [2.45, 2.75) is 18.2 Å². The molecule has 3 aliphatic rings. The first kappa shape index (κ1) is 12.9. The standard InChI is InChI=1S/C12H13N5O3/c13-8(4-1-2-6(18)9(4)19)5-3-15-10-7(5)11(20)17-12(14)16-10/h1-4,6,8-9,18-19H,13H2,(H2,14,17,20)/t4-,6-,8?,9+/m0/s1. The Bertz CT molecular complexity index is 631. The van der Waals surface area contributed by atoms with Gasteiger partial charge < -0.3 is 21.7 Å². The Hall–Kier alpha value is -2.16. The first-order valence-corrected chi connectivity index (χ1v) is 6.05. The van der Waals surface area contributed by atoms with Gasteiger partial charge in [0.25, 0.3) is 5.91 Å². The minimum absolute atomic E-state index is 0.142. The van der Waals surface area contributed by atoms with Crippen molar-refractivity contribution in [2.24, 2.45) is 32.4 Å². The first-order chi connectivity index (χ1) is 9.49. The Morgan fingerprint density at radius 2 is 2.00 bits per heavy atom.